The molecule has 4 rings (SSSR count). The van der Waals surface area contributed by atoms with Crippen LogP contribution in [0.1, 0.15) is 18.7 Å². The number of nitrogens with one attached hydrogen (secondary N) is 1. The van der Waals surface area contributed by atoms with Crippen molar-refractivity contribution in [2.24, 2.45) is 5.92 Å². The number of carbonyl (C=O) groups excluding carboxylic acids is 1. The summed E-state index contributed by atoms with van der Waals surface area (Å²) in [5.74, 6) is -1.13. The summed E-state index contributed by atoms with van der Waals surface area (Å²) in [6.07, 6.45) is 1.07. The van der Waals surface area contributed by atoms with E-state index in [1.54, 1.807) is 35.7 Å². The Morgan fingerprint density at radius 3 is 2.64 bits per heavy atom. The van der Waals surface area contributed by atoms with Crippen LogP contribution in [-0.2, 0) is 31.1 Å². The lowest BCUT2D eigenvalue weighted by Crippen LogP contribution is -2.43. The van der Waals surface area contributed by atoms with Crippen LogP contribution in [0.25, 0.3) is 0 Å². The van der Waals surface area contributed by atoms with Gasteiger partial charge in [-0.15, -0.1) is 16.4 Å². The second-order valence-corrected chi connectivity index (χ2v) is 12.7. The van der Waals surface area contributed by atoms with Crippen LogP contribution in [0.5, 0.6) is 0 Å². The summed E-state index contributed by atoms with van der Waals surface area (Å²) in [6.45, 7) is 0.410. The van der Waals surface area contributed by atoms with Gasteiger partial charge in [-0.1, -0.05) is 29.4 Å². The zero-order valence-corrected chi connectivity index (χ0v) is 19.9. The predicted octanol–water partition coefficient (Wildman–Crippen LogP) is 2.19. The first-order valence-electron chi connectivity index (χ1n) is 10.2. The van der Waals surface area contributed by atoms with Gasteiger partial charge in [0.25, 0.3) is 10.0 Å². The zero-order valence-electron chi connectivity index (χ0n) is 17.5. The average molecular weight is 511 g/mol. The van der Waals surface area contributed by atoms with Gasteiger partial charge in [0, 0.05) is 19.5 Å². The highest BCUT2D eigenvalue weighted by atomic mass is 32.2. The molecule has 0 aliphatic carbocycles. The molecule has 1 aromatic carbocycles. The van der Waals surface area contributed by atoms with E-state index in [4.69, 9.17) is 4.42 Å². The van der Waals surface area contributed by atoms with Crippen LogP contribution < -0.4 is 5.32 Å². The van der Waals surface area contributed by atoms with Crippen molar-refractivity contribution in [1.82, 2.24) is 14.5 Å². The molecule has 2 aromatic heterocycles. The monoisotopic (exact) mass is 510 g/mol. The second kappa shape index (κ2) is 9.71. The summed E-state index contributed by atoms with van der Waals surface area (Å²) >= 11 is 1.14. The fourth-order valence-corrected chi connectivity index (χ4v) is 7.41. The summed E-state index contributed by atoms with van der Waals surface area (Å²) < 4.78 is 57.2. The van der Waals surface area contributed by atoms with E-state index in [0.29, 0.717) is 19.4 Å². The normalized spacial score (nSPS) is 17.6. The lowest BCUT2D eigenvalue weighted by atomic mass is 9.99. The lowest BCUT2D eigenvalue weighted by Gasteiger charge is -2.30. The molecule has 33 heavy (non-hydrogen) atoms. The van der Waals surface area contributed by atoms with Gasteiger partial charge in [-0.3, -0.25) is 10.1 Å². The van der Waals surface area contributed by atoms with Crippen LogP contribution in [0.4, 0.5) is 6.01 Å². The van der Waals surface area contributed by atoms with Gasteiger partial charge in [0.15, 0.2) is 9.84 Å². The molecule has 13 heteroatoms. The molecule has 1 N–H and O–H groups in total. The van der Waals surface area contributed by atoms with E-state index in [2.05, 4.69) is 15.5 Å². The number of hydrogen-bond donors (Lipinski definition) is 1. The van der Waals surface area contributed by atoms with Crippen molar-refractivity contribution in [3.63, 3.8) is 0 Å². The van der Waals surface area contributed by atoms with Crippen molar-refractivity contribution >= 4 is 43.1 Å². The van der Waals surface area contributed by atoms with Crippen molar-refractivity contribution in [3.05, 3.63) is 53.7 Å². The molecule has 1 fully saturated rings. The number of aromatic nitrogens is 2. The van der Waals surface area contributed by atoms with Crippen molar-refractivity contribution in [2.75, 3.05) is 24.2 Å². The molecule has 1 atom stereocenters. The Labute approximate surface area is 195 Å². The Morgan fingerprint density at radius 2 is 1.91 bits per heavy atom. The van der Waals surface area contributed by atoms with Crippen LogP contribution in [0, 0.1) is 5.92 Å². The molecule has 0 spiro atoms. The number of sulfonamides is 1. The Kier molecular flexibility index (Phi) is 6.93. The average Bonchev–Trinajstić information content (AvgIpc) is 3.51. The fourth-order valence-electron chi connectivity index (χ4n) is 3.49. The number of anilines is 1. The molecule has 176 valence electrons. The minimum Gasteiger partial charge on any atom is -0.408 e. The van der Waals surface area contributed by atoms with Crippen LogP contribution in [-0.4, -0.2) is 56.1 Å². The van der Waals surface area contributed by atoms with Gasteiger partial charge >= 0.3 is 6.01 Å². The van der Waals surface area contributed by atoms with E-state index in [1.165, 1.54) is 16.4 Å². The molecule has 1 unspecified atom stereocenters. The largest absolute Gasteiger partial charge is 0.408 e. The van der Waals surface area contributed by atoms with Crippen LogP contribution >= 0.6 is 11.3 Å². The molecule has 3 aromatic rings. The minimum atomic E-state index is -3.63. The molecule has 0 radical (unpaired) electrons. The summed E-state index contributed by atoms with van der Waals surface area (Å²) in [5, 5.41) is 11.8. The molecule has 1 aliphatic heterocycles. The summed E-state index contributed by atoms with van der Waals surface area (Å²) in [7, 11) is -7.14. The number of thiophene rings is 1. The van der Waals surface area contributed by atoms with Gasteiger partial charge in [0.05, 0.1) is 16.6 Å². The third-order valence-corrected chi connectivity index (χ3v) is 10.2. The van der Waals surface area contributed by atoms with E-state index in [1.807, 2.05) is 0 Å². The number of rotatable bonds is 8. The Hall–Kier alpha value is -2.61. The number of amides is 1. The van der Waals surface area contributed by atoms with Crippen LogP contribution in [0.15, 0.2) is 61.4 Å². The van der Waals surface area contributed by atoms with E-state index >= 15 is 0 Å². The van der Waals surface area contributed by atoms with Crippen molar-refractivity contribution in [2.45, 2.75) is 28.4 Å². The SMILES string of the molecule is O=C(Nc1nnc(CCS(=O)(=O)c2ccccc2)o1)C1CCCN(S(=O)(=O)c2cccs2)C1. The molecular weight excluding hydrogens is 488 g/mol. The molecule has 10 nitrogen and oxygen atoms in total. The Morgan fingerprint density at radius 1 is 1.12 bits per heavy atom. The minimum absolute atomic E-state index is 0.00361. The fraction of sp³-hybridized carbons (Fsp3) is 0.350. The van der Waals surface area contributed by atoms with Crippen molar-refractivity contribution in [1.29, 1.82) is 0 Å². The van der Waals surface area contributed by atoms with Crippen LogP contribution in [0.2, 0.25) is 0 Å². The van der Waals surface area contributed by atoms with Gasteiger partial charge in [-0.05, 0) is 36.4 Å². The van der Waals surface area contributed by atoms with Gasteiger partial charge in [-0.2, -0.15) is 4.31 Å². The highest BCUT2D eigenvalue weighted by Crippen LogP contribution is 2.27. The van der Waals surface area contributed by atoms with Crippen LogP contribution in [0.3, 0.4) is 0 Å². The number of carbonyl (C=O) groups is 1. The second-order valence-electron chi connectivity index (χ2n) is 7.51. The maximum Gasteiger partial charge on any atom is 0.322 e. The van der Waals surface area contributed by atoms with Gasteiger partial charge in [0.2, 0.25) is 11.8 Å². The highest BCUT2D eigenvalue weighted by Gasteiger charge is 2.34. The number of hydrogen-bond acceptors (Lipinski definition) is 9. The first-order chi connectivity index (χ1) is 15.8. The quantitative estimate of drug-likeness (QED) is 0.486. The predicted molar refractivity (Wildman–Crippen MR) is 121 cm³/mol. The zero-order chi connectivity index (χ0) is 23.5. The molecule has 1 saturated heterocycles. The summed E-state index contributed by atoms with van der Waals surface area (Å²) in [5.41, 5.74) is 0. The third kappa shape index (κ3) is 5.49. The molecule has 0 bridgehead atoms. The molecule has 1 aliphatic rings. The van der Waals surface area contributed by atoms with E-state index in [0.717, 1.165) is 11.3 Å². The number of piperidine rings is 1. The van der Waals surface area contributed by atoms with E-state index < -0.39 is 31.7 Å². The Bertz CT molecular complexity index is 1300. The highest BCUT2D eigenvalue weighted by molar-refractivity contribution is 7.91. The molecule has 3 heterocycles. The summed E-state index contributed by atoms with van der Waals surface area (Å²) in [4.78, 5) is 12.9. The lowest BCUT2D eigenvalue weighted by molar-refractivity contribution is -0.121. The smallest absolute Gasteiger partial charge is 0.322 e. The number of sulfone groups is 1. The first kappa shape index (κ1) is 23.5. The maximum atomic E-state index is 12.7. The topological polar surface area (TPSA) is 140 Å². The summed E-state index contributed by atoms with van der Waals surface area (Å²) in [6, 6.07) is 11.1. The third-order valence-electron chi connectivity index (χ3n) is 5.23. The number of nitrogens with zero attached hydrogens (tertiary/aromatic N) is 3. The van der Waals surface area contributed by atoms with Gasteiger partial charge in [0.1, 0.15) is 4.21 Å². The van der Waals surface area contributed by atoms with E-state index in [9.17, 15) is 21.6 Å². The Balaban J connectivity index is 1.35. The maximum absolute atomic E-state index is 12.7. The molecule has 0 saturated carbocycles. The number of benzene rings is 1. The first-order valence-corrected chi connectivity index (χ1v) is 14.2. The van der Waals surface area contributed by atoms with Crippen molar-refractivity contribution < 1.29 is 26.0 Å². The number of aryl methyl sites for hydroxylation is 1. The molecular formula is C20H22N4O6S3. The standard InChI is InChI=1S/C20H22N4O6S3/c25-19(15-6-4-11-24(14-15)33(28,29)18-9-5-12-31-18)21-20-23-22-17(30-20)10-13-32(26,27)16-7-2-1-3-8-16/h1-3,5,7-9,12,15H,4,6,10-11,13-14H2,(H,21,23,25). The molecule has 1 amide bonds. The van der Waals surface area contributed by atoms with Gasteiger partial charge < -0.3 is 4.42 Å². The van der Waals surface area contributed by atoms with E-state index in [-0.39, 0.29) is 39.7 Å². The van der Waals surface area contributed by atoms with Gasteiger partial charge in [-0.25, -0.2) is 16.8 Å². The van der Waals surface area contributed by atoms with Crippen molar-refractivity contribution in [3.8, 4) is 0 Å².